The lowest BCUT2D eigenvalue weighted by Gasteiger charge is -2.05. The number of rotatable bonds is 5. The summed E-state index contributed by atoms with van der Waals surface area (Å²) in [5.41, 5.74) is 2.64. The first-order valence-corrected chi connectivity index (χ1v) is 9.15. The number of carbonyl (C=O) groups excluding carboxylic acids is 1. The van der Waals surface area contributed by atoms with Crippen molar-refractivity contribution >= 4 is 46.3 Å². The van der Waals surface area contributed by atoms with Crippen LogP contribution in [0.25, 0.3) is 11.3 Å². The fourth-order valence-corrected chi connectivity index (χ4v) is 3.76. The number of nitrogens with one attached hydrogen (secondary N) is 1. The zero-order valence-corrected chi connectivity index (χ0v) is 14.4. The Morgan fingerprint density at radius 2 is 1.87 bits per heavy atom. The van der Waals surface area contributed by atoms with E-state index in [0.29, 0.717) is 16.5 Å². The number of benzene rings is 2. The molecular formula is C17H13ClN2OS2. The first kappa shape index (κ1) is 16.1. The second kappa shape index (κ2) is 7.64. The third-order valence-electron chi connectivity index (χ3n) is 3.03. The number of anilines is 1. The molecule has 3 nitrogen and oxygen atoms in total. The first-order chi connectivity index (χ1) is 11.2. The van der Waals surface area contributed by atoms with Crippen molar-refractivity contribution < 1.29 is 4.79 Å². The van der Waals surface area contributed by atoms with Crippen LogP contribution < -0.4 is 5.32 Å². The van der Waals surface area contributed by atoms with E-state index in [1.54, 1.807) is 23.5 Å². The van der Waals surface area contributed by atoms with Gasteiger partial charge in [-0.25, -0.2) is 4.98 Å². The molecule has 2 aromatic carbocycles. The minimum absolute atomic E-state index is 0.0976. The largest absolute Gasteiger partial charge is 0.324 e. The number of thiazole rings is 1. The topological polar surface area (TPSA) is 42.0 Å². The summed E-state index contributed by atoms with van der Waals surface area (Å²) in [6.45, 7) is 0. The average molecular weight is 361 g/mol. The maximum absolute atomic E-state index is 12.0. The van der Waals surface area contributed by atoms with Crippen molar-refractivity contribution in [1.29, 1.82) is 0 Å². The van der Waals surface area contributed by atoms with E-state index in [0.717, 1.165) is 15.6 Å². The Labute approximate surface area is 147 Å². The highest BCUT2D eigenvalue weighted by atomic mass is 35.5. The lowest BCUT2D eigenvalue weighted by atomic mass is 10.2. The number of carbonyl (C=O) groups is 1. The highest BCUT2D eigenvalue weighted by Gasteiger charge is 2.09. The normalized spacial score (nSPS) is 10.5. The highest BCUT2D eigenvalue weighted by molar-refractivity contribution is 8.01. The predicted molar refractivity (Wildman–Crippen MR) is 98.4 cm³/mol. The van der Waals surface area contributed by atoms with Crippen LogP contribution >= 0.6 is 34.7 Å². The van der Waals surface area contributed by atoms with Gasteiger partial charge < -0.3 is 5.32 Å². The molecular weight excluding hydrogens is 348 g/mol. The summed E-state index contributed by atoms with van der Waals surface area (Å²) in [5, 5.41) is 5.34. The summed E-state index contributed by atoms with van der Waals surface area (Å²) in [5.74, 6) is 0.201. The van der Waals surface area contributed by atoms with E-state index in [4.69, 9.17) is 11.6 Å². The third kappa shape index (κ3) is 4.34. The molecule has 3 rings (SSSR count). The molecule has 1 N–H and O–H groups in total. The second-order valence-electron chi connectivity index (χ2n) is 4.68. The summed E-state index contributed by atoms with van der Waals surface area (Å²) in [7, 11) is 0. The van der Waals surface area contributed by atoms with E-state index in [1.807, 2.05) is 47.8 Å². The molecule has 1 amide bonds. The van der Waals surface area contributed by atoms with Gasteiger partial charge in [0.15, 0.2) is 4.34 Å². The number of amides is 1. The molecule has 116 valence electrons. The maximum atomic E-state index is 12.0. The Bertz CT molecular complexity index is 805. The van der Waals surface area contributed by atoms with Crippen molar-refractivity contribution in [1.82, 2.24) is 4.98 Å². The molecule has 23 heavy (non-hydrogen) atoms. The van der Waals surface area contributed by atoms with Crippen LogP contribution in [0.4, 0.5) is 5.69 Å². The van der Waals surface area contributed by atoms with Crippen LogP contribution in [0.2, 0.25) is 5.02 Å². The Kier molecular flexibility index (Phi) is 5.33. The number of nitrogens with zero attached hydrogens (tertiary/aromatic N) is 1. The molecule has 0 unspecified atom stereocenters. The zero-order valence-electron chi connectivity index (χ0n) is 12.0. The quantitative estimate of drug-likeness (QED) is 0.636. The van der Waals surface area contributed by atoms with E-state index >= 15 is 0 Å². The summed E-state index contributed by atoms with van der Waals surface area (Å²) in [6, 6.07) is 17.2. The molecule has 0 saturated carbocycles. The Balaban J connectivity index is 1.58. The van der Waals surface area contributed by atoms with Crippen LogP contribution in [-0.2, 0) is 4.79 Å². The average Bonchev–Trinajstić information content (AvgIpc) is 3.05. The maximum Gasteiger partial charge on any atom is 0.234 e. The van der Waals surface area contributed by atoms with Crippen molar-refractivity contribution in [3.8, 4) is 11.3 Å². The van der Waals surface area contributed by atoms with Gasteiger partial charge in [-0.1, -0.05) is 65.8 Å². The van der Waals surface area contributed by atoms with Gasteiger partial charge in [0, 0.05) is 10.9 Å². The molecule has 1 heterocycles. The lowest BCUT2D eigenvalue weighted by molar-refractivity contribution is -0.113. The summed E-state index contributed by atoms with van der Waals surface area (Å²) < 4.78 is 0.873. The SMILES string of the molecule is O=C(CSc1nc(-c2ccccc2)cs1)Nc1ccccc1Cl. The van der Waals surface area contributed by atoms with E-state index in [1.165, 1.54) is 11.8 Å². The Hall–Kier alpha value is -1.82. The van der Waals surface area contributed by atoms with Crippen molar-refractivity contribution in [2.75, 3.05) is 11.1 Å². The van der Waals surface area contributed by atoms with Gasteiger partial charge in [0.2, 0.25) is 5.91 Å². The molecule has 6 heteroatoms. The Morgan fingerprint density at radius 1 is 1.13 bits per heavy atom. The van der Waals surface area contributed by atoms with Gasteiger partial charge in [-0.3, -0.25) is 4.79 Å². The monoisotopic (exact) mass is 360 g/mol. The van der Waals surface area contributed by atoms with Gasteiger partial charge in [0.25, 0.3) is 0 Å². The molecule has 3 aromatic rings. The lowest BCUT2D eigenvalue weighted by Crippen LogP contribution is -2.14. The fraction of sp³-hybridized carbons (Fsp3) is 0.0588. The number of hydrogen-bond acceptors (Lipinski definition) is 4. The first-order valence-electron chi connectivity index (χ1n) is 6.90. The fourth-order valence-electron chi connectivity index (χ4n) is 1.94. The molecule has 1 aromatic heterocycles. The molecule has 0 radical (unpaired) electrons. The van der Waals surface area contributed by atoms with Crippen LogP contribution in [-0.4, -0.2) is 16.6 Å². The van der Waals surface area contributed by atoms with Crippen molar-refractivity contribution in [3.05, 3.63) is 65.0 Å². The highest BCUT2D eigenvalue weighted by Crippen LogP contribution is 2.28. The van der Waals surface area contributed by atoms with Crippen molar-refractivity contribution in [2.24, 2.45) is 0 Å². The predicted octanol–water partition coefficient (Wildman–Crippen LogP) is 5.19. The van der Waals surface area contributed by atoms with Gasteiger partial charge in [0.05, 0.1) is 22.2 Å². The van der Waals surface area contributed by atoms with Crippen molar-refractivity contribution in [2.45, 2.75) is 4.34 Å². The van der Waals surface area contributed by atoms with Crippen molar-refractivity contribution in [3.63, 3.8) is 0 Å². The molecule has 0 fully saturated rings. The number of hydrogen-bond donors (Lipinski definition) is 1. The van der Waals surface area contributed by atoms with Crippen LogP contribution in [0.5, 0.6) is 0 Å². The summed E-state index contributed by atoms with van der Waals surface area (Å²) >= 11 is 8.99. The van der Waals surface area contributed by atoms with Gasteiger partial charge in [-0.05, 0) is 12.1 Å². The van der Waals surface area contributed by atoms with Crippen LogP contribution in [0.3, 0.4) is 0 Å². The van der Waals surface area contributed by atoms with E-state index < -0.39 is 0 Å². The molecule has 0 bridgehead atoms. The smallest absolute Gasteiger partial charge is 0.234 e. The van der Waals surface area contributed by atoms with Crippen LogP contribution in [0.15, 0.2) is 64.3 Å². The standard InChI is InChI=1S/C17H13ClN2OS2/c18-13-8-4-5-9-14(13)19-16(21)11-23-17-20-15(10-22-17)12-6-2-1-3-7-12/h1-10H,11H2,(H,19,21). The molecule has 0 atom stereocenters. The van der Waals surface area contributed by atoms with Gasteiger partial charge >= 0.3 is 0 Å². The van der Waals surface area contributed by atoms with Gasteiger partial charge in [-0.15, -0.1) is 11.3 Å². The molecule has 0 aliphatic rings. The van der Waals surface area contributed by atoms with E-state index in [2.05, 4.69) is 10.3 Å². The number of aromatic nitrogens is 1. The van der Waals surface area contributed by atoms with Crippen LogP contribution in [0, 0.1) is 0 Å². The molecule has 0 spiro atoms. The zero-order chi connectivity index (χ0) is 16.1. The number of halogens is 1. The number of thioether (sulfide) groups is 1. The summed E-state index contributed by atoms with van der Waals surface area (Å²) in [4.78, 5) is 16.6. The second-order valence-corrected chi connectivity index (χ2v) is 7.17. The minimum atomic E-state index is -0.0976. The molecule has 0 aliphatic heterocycles. The third-order valence-corrected chi connectivity index (χ3v) is 5.38. The van der Waals surface area contributed by atoms with Crippen LogP contribution in [0.1, 0.15) is 0 Å². The minimum Gasteiger partial charge on any atom is -0.324 e. The molecule has 0 saturated heterocycles. The van der Waals surface area contributed by atoms with Gasteiger partial charge in [-0.2, -0.15) is 0 Å². The molecule has 0 aliphatic carbocycles. The van der Waals surface area contributed by atoms with E-state index in [9.17, 15) is 4.79 Å². The number of para-hydroxylation sites is 1. The van der Waals surface area contributed by atoms with Gasteiger partial charge in [0.1, 0.15) is 0 Å². The van der Waals surface area contributed by atoms with E-state index in [-0.39, 0.29) is 5.91 Å². The summed E-state index contributed by atoms with van der Waals surface area (Å²) in [6.07, 6.45) is 0. The Morgan fingerprint density at radius 3 is 2.65 bits per heavy atom.